The van der Waals surface area contributed by atoms with Crippen LogP contribution in [0, 0.1) is 6.92 Å². The van der Waals surface area contributed by atoms with Gasteiger partial charge in [-0.3, -0.25) is 4.79 Å². The summed E-state index contributed by atoms with van der Waals surface area (Å²) < 4.78 is 11.3. The van der Waals surface area contributed by atoms with Gasteiger partial charge in [-0.25, -0.2) is 4.79 Å². The van der Waals surface area contributed by atoms with Crippen LogP contribution in [0.5, 0.6) is 5.75 Å². The Morgan fingerprint density at radius 2 is 1.80 bits per heavy atom. The topological polar surface area (TPSA) is 76.7 Å². The van der Waals surface area contributed by atoms with Gasteiger partial charge in [0.25, 0.3) is 5.91 Å². The molecule has 40 heavy (non-hydrogen) atoms. The predicted molar refractivity (Wildman–Crippen MR) is 161 cm³/mol. The first-order valence-electron chi connectivity index (χ1n) is 13.7. The van der Waals surface area contributed by atoms with Gasteiger partial charge in [-0.2, -0.15) is 0 Å². The molecule has 3 aromatic carbocycles. The summed E-state index contributed by atoms with van der Waals surface area (Å²) in [6.45, 7) is 9.48. The quantitative estimate of drug-likeness (QED) is 0.234. The van der Waals surface area contributed by atoms with Crippen molar-refractivity contribution in [3.63, 3.8) is 0 Å². The molecule has 0 bridgehead atoms. The smallest absolute Gasteiger partial charge is 0.407 e. The summed E-state index contributed by atoms with van der Waals surface area (Å²) in [7, 11) is 0. The largest absolute Gasteiger partial charge is 0.491 e. The molecule has 4 aromatic rings. The van der Waals surface area contributed by atoms with Crippen molar-refractivity contribution in [2.45, 2.75) is 64.6 Å². The van der Waals surface area contributed by atoms with E-state index in [0.717, 1.165) is 24.0 Å². The molecule has 0 saturated heterocycles. The summed E-state index contributed by atoms with van der Waals surface area (Å²) in [5.74, 6) is 0.453. The van der Waals surface area contributed by atoms with E-state index in [-0.39, 0.29) is 18.6 Å². The molecule has 6 nitrogen and oxygen atoms in total. The summed E-state index contributed by atoms with van der Waals surface area (Å²) in [5, 5.41) is 10.6. The van der Waals surface area contributed by atoms with E-state index < -0.39 is 17.2 Å². The van der Waals surface area contributed by atoms with Crippen LogP contribution >= 0.6 is 11.3 Å². The minimum absolute atomic E-state index is 0.119. The summed E-state index contributed by atoms with van der Waals surface area (Å²) in [6, 6.07) is 22.3. The minimum atomic E-state index is -0.569. The molecule has 1 heterocycles. The van der Waals surface area contributed by atoms with Crippen molar-refractivity contribution in [2.75, 3.05) is 6.61 Å². The van der Waals surface area contributed by atoms with Gasteiger partial charge in [0.15, 0.2) is 0 Å². The predicted octanol–water partition coefficient (Wildman–Crippen LogP) is 7.59. The van der Waals surface area contributed by atoms with E-state index in [1.807, 2.05) is 46.8 Å². The number of amides is 2. The van der Waals surface area contributed by atoms with E-state index in [4.69, 9.17) is 9.47 Å². The van der Waals surface area contributed by atoms with E-state index in [2.05, 4.69) is 64.5 Å². The lowest BCUT2D eigenvalue weighted by Crippen LogP contribution is -2.40. The van der Waals surface area contributed by atoms with Gasteiger partial charge in [0, 0.05) is 10.4 Å². The number of aryl methyl sites for hydroxylation is 1. The molecule has 0 radical (unpaired) electrons. The van der Waals surface area contributed by atoms with Crippen LogP contribution in [0.3, 0.4) is 0 Å². The SMILES string of the molecule is Cc1ccc(OC[C@H](C)NC(=O)OC(C)(C)C)cc1C(=O)NC1(c2cc(-c3cccs3)cc3ccccc23)CC1. The van der Waals surface area contributed by atoms with Crippen LogP contribution in [0.4, 0.5) is 4.79 Å². The minimum Gasteiger partial charge on any atom is -0.491 e. The highest BCUT2D eigenvalue weighted by Gasteiger charge is 2.47. The van der Waals surface area contributed by atoms with Gasteiger partial charge in [-0.15, -0.1) is 11.3 Å². The lowest BCUT2D eigenvalue weighted by molar-refractivity contribution is 0.0494. The molecule has 1 aliphatic rings. The fourth-order valence-corrected chi connectivity index (χ4v) is 5.58. The van der Waals surface area contributed by atoms with Gasteiger partial charge in [0.05, 0.1) is 11.6 Å². The number of alkyl carbamates (subject to hydrolysis) is 1. The van der Waals surface area contributed by atoms with E-state index in [1.54, 1.807) is 17.4 Å². The van der Waals surface area contributed by atoms with Crippen molar-refractivity contribution in [1.29, 1.82) is 0 Å². The maximum Gasteiger partial charge on any atom is 0.407 e. The normalized spacial score (nSPS) is 14.8. The van der Waals surface area contributed by atoms with Gasteiger partial charge in [-0.05, 0) is 111 Å². The van der Waals surface area contributed by atoms with Crippen LogP contribution in [0.25, 0.3) is 21.2 Å². The standard InChI is InChI=1S/C33H36N2O4S/c1-21-12-13-25(38-20-22(2)34-31(37)39-32(3,4)5)19-27(21)30(36)35-33(14-15-33)28-18-24(29-11-8-16-40-29)17-23-9-6-7-10-26(23)28/h6-13,16-19,22H,14-15,20H2,1-5H3,(H,34,37)(H,35,36)/t22-/m0/s1. The number of benzene rings is 3. The highest BCUT2D eigenvalue weighted by atomic mass is 32.1. The van der Waals surface area contributed by atoms with Crippen LogP contribution < -0.4 is 15.4 Å². The molecule has 5 rings (SSSR count). The van der Waals surface area contributed by atoms with Crippen molar-refractivity contribution >= 4 is 34.1 Å². The number of carbonyl (C=O) groups is 2. The van der Waals surface area contributed by atoms with Crippen LogP contribution in [0.1, 0.15) is 62.0 Å². The van der Waals surface area contributed by atoms with Crippen molar-refractivity contribution in [3.05, 3.63) is 88.8 Å². The lowest BCUT2D eigenvalue weighted by Gasteiger charge is -2.23. The van der Waals surface area contributed by atoms with E-state index in [9.17, 15) is 9.59 Å². The number of hydrogen-bond acceptors (Lipinski definition) is 5. The van der Waals surface area contributed by atoms with E-state index in [1.165, 1.54) is 21.2 Å². The second-order valence-corrected chi connectivity index (χ2v) is 12.5. The second kappa shape index (κ2) is 11.0. The third-order valence-corrected chi connectivity index (χ3v) is 7.92. The summed E-state index contributed by atoms with van der Waals surface area (Å²) in [4.78, 5) is 26.9. The molecule has 1 aliphatic carbocycles. The number of carbonyl (C=O) groups excluding carboxylic acids is 2. The van der Waals surface area contributed by atoms with Gasteiger partial charge in [0.2, 0.25) is 0 Å². The zero-order chi connectivity index (χ0) is 28.5. The second-order valence-electron chi connectivity index (χ2n) is 11.6. The van der Waals surface area contributed by atoms with Gasteiger partial charge < -0.3 is 20.1 Å². The lowest BCUT2D eigenvalue weighted by atomic mass is 9.93. The molecule has 0 aliphatic heterocycles. The Morgan fingerprint density at radius 1 is 1.02 bits per heavy atom. The molecular formula is C33H36N2O4S. The van der Waals surface area contributed by atoms with Crippen LogP contribution in [-0.4, -0.2) is 30.3 Å². The molecule has 1 saturated carbocycles. The Kier molecular flexibility index (Phi) is 7.60. The zero-order valence-corrected chi connectivity index (χ0v) is 24.5. The van der Waals surface area contributed by atoms with Crippen LogP contribution in [0.2, 0.25) is 0 Å². The average Bonchev–Trinajstić information content (AvgIpc) is 3.45. The molecule has 2 amide bonds. The zero-order valence-electron chi connectivity index (χ0n) is 23.7. The Balaban J connectivity index is 1.33. The first-order chi connectivity index (χ1) is 19.0. The number of ether oxygens (including phenoxy) is 2. The van der Waals surface area contributed by atoms with E-state index in [0.29, 0.717) is 11.3 Å². The Morgan fingerprint density at radius 3 is 2.50 bits per heavy atom. The number of rotatable bonds is 8. The van der Waals surface area contributed by atoms with Gasteiger partial charge in [-0.1, -0.05) is 36.4 Å². The Labute approximate surface area is 239 Å². The fraction of sp³-hybridized carbons (Fsp3) is 0.333. The highest BCUT2D eigenvalue weighted by Crippen LogP contribution is 2.49. The first kappa shape index (κ1) is 27.7. The summed E-state index contributed by atoms with van der Waals surface area (Å²) in [5.41, 5.74) is 2.81. The van der Waals surface area contributed by atoms with Crippen LogP contribution in [0.15, 0.2) is 72.1 Å². The molecule has 208 valence electrons. The van der Waals surface area contributed by atoms with E-state index >= 15 is 0 Å². The van der Waals surface area contributed by atoms with Crippen molar-refractivity contribution in [1.82, 2.24) is 10.6 Å². The maximum atomic E-state index is 13.7. The number of thiophene rings is 1. The van der Waals surface area contributed by atoms with Crippen molar-refractivity contribution < 1.29 is 19.1 Å². The molecule has 1 atom stereocenters. The average molecular weight is 557 g/mol. The van der Waals surface area contributed by atoms with Gasteiger partial charge >= 0.3 is 6.09 Å². The summed E-state index contributed by atoms with van der Waals surface area (Å²) in [6.07, 6.45) is 1.29. The molecule has 0 unspecified atom stereocenters. The third-order valence-electron chi connectivity index (χ3n) is 7.00. The Hall–Kier alpha value is -3.84. The van der Waals surface area contributed by atoms with Crippen molar-refractivity contribution in [3.8, 4) is 16.2 Å². The summed E-state index contributed by atoms with van der Waals surface area (Å²) >= 11 is 1.72. The number of fused-ring (bicyclic) bond motifs is 1. The molecule has 1 aromatic heterocycles. The molecule has 0 spiro atoms. The molecule has 1 fully saturated rings. The third kappa shape index (κ3) is 6.31. The highest BCUT2D eigenvalue weighted by molar-refractivity contribution is 7.13. The number of nitrogens with one attached hydrogen (secondary N) is 2. The molecular weight excluding hydrogens is 520 g/mol. The first-order valence-corrected chi connectivity index (χ1v) is 14.5. The molecule has 2 N–H and O–H groups in total. The van der Waals surface area contributed by atoms with Gasteiger partial charge in [0.1, 0.15) is 18.0 Å². The molecule has 7 heteroatoms. The number of hydrogen-bond donors (Lipinski definition) is 2. The van der Waals surface area contributed by atoms with Crippen molar-refractivity contribution in [2.24, 2.45) is 0 Å². The Bertz CT molecular complexity index is 1530. The maximum absolute atomic E-state index is 13.7. The monoisotopic (exact) mass is 556 g/mol. The van der Waals surface area contributed by atoms with Crippen LogP contribution in [-0.2, 0) is 10.3 Å². The fourth-order valence-electron chi connectivity index (χ4n) is 4.87.